The maximum Gasteiger partial charge on any atom is 0.383 e. The number of aryl methyl sites for hydroxylation is 1. The van der Waals surface area contributed by atoms with E-state index in [2.05, 4.69) is 10.3 Å². The molecule has 3 amide bonds. The van der Waals surface area contributed by atoms with Gasteiger partial charge in [0.15, 0.2) is 0 Å². The van der Waals surface area contributed by atoms with Crippen molar-refractivity contribution >= 4 is 29.2 Å². The highest BCUT2D eigenvalue weighted by atomic mass is 19.3. The number of nitrogens with one attached hydrogen (secondary N) is 2. The molecule has 1 aliphatic rings. The fourth-order valence-electron chi connectivity index (χ4n) is 4.79. The SMILES string of the molecule is Cc1cccc(-c2ncc(N)c(=O)n2CC(=O)NC(Cc2ccccc2)C(=O)C(F)(F)C(=O)NCC(=O)N2CCCC2)c1. The number of carbonyl (C=O) groups excluding carboxylic acids is 4. The molecule has 4 rings (SSSR count). The van der Waals surface area contributed by atoms with Crippen LogP contribution in [0.1, 0.15) is 24.0 Å². The Kier molecular flexibility index (Phi) is 9.63. The normalized spacial score (nSPS) is 13.8. The average molecular weight is 595 g/mol. The number of halogens is 2. The minimum absolute atomic E-state index is 0.108. The second-order valence-electron chi connectivity index (χ2n) is 10.3. The number of benzene rings is 2. The van der Waals surface area contributed by atoms with Crippen molar-refractivity contribution in [2.24, 2.45) is 0 Å². The minimum atomic E-state index is -4.57. The number of anilines is 1. The van der Waals surface area contributed by atoms with E-state index in [1.54, 1.807) is 48.5 Å². The lowest BCUT2D eigenvalue weighted by Crippen LogP contribution is -2.56. The number of hydrogen-bond acceptors (Lipinski definition) is 7. The van der Waals surface area contributed by atoms with Gasteiger partial charge in [-0.05, 0) is 31.4 Å². The van der Waals surface area contributed by atoms with Gasteiger partial charge in [0.05, 0.1) is 18.8 Å². The molecule has 1 unspecified atom stereocenters. The molecule has 13 heteroatoms. The summed E-state index contributed by atoms with van der Waals surface area (Å²) < 4.78 is 31.4. The van der Waals surface area contributed by atoms with Crippen LogP contribution in [-0.2, 0) is 32.1 Å². The Balaban J connectivity index is 1.55. The number of nitrogens with zero attached hydrogens (tertiary/aromatic N) is 3. The van der Waals surface area contributed by atoms with Gasteiger partial charge in [0.25, 0.3) is 11.5 Å². The Hall–Kier alpha value is -4.94. The van der Waals surface area contributed by atoms with E-state index < -0.39 is 54.1 Å². The molecular formula is C30H32F2N6O5. The number of amides is 3. The molecule has 0 spiro atoms. The zero-order valence-corrected chi connectivity index (χ0v) is 23.5. The first-order chi connectivity index (χ1) is 20.5. The maximum absolute atomic E-state index is 15.2. The molecule has 1 aromatic heterocycles. The molecule has 43 heavy (non-hydrogen) atoms. The number of ketones is 1. The molecule has 1 fully saturated rings. The van der Waals surface area contributed by atoms with Crippen molar-refractivity contribution in [3.8, 4) is 11.4 Å². The van der Waals surface area contributed by atoms with Crippen LogP contribution in [0.3, 0.4) is 0 Å². The van der Waals surface area contributed by atoms with Gasteiger partial charge in [-0.2, -0.15) is 8.78 Å². The Bertz CT molecular complexity index is 1570. The standard InChI is InChI=1S/C30H32F2N6O5/c1-19-8-7-11-21(14-19)27-34-16-22(33)28(42)38(27)18-24(39)36-23(15-20-9-3-2-4-10-20)26(41)30(31,32)29(43)35-17-25(40)37-12-5-6-13-37/h2-4,7-11,14,16,23H,5-6,12-13,15,17-18,33H2,1H3,(H,35,43)(H,36,39). The highest BCUT2D eigenvalue weighted by molar-refractivity contribution is 6.11. The Morgan fingerprint density at radius 1 is 1.05 bits per heavy atom. The van der Waals surface area contributed by atoms with Crippen LogP contribution in [0.2, 0.25) is 0 Å². The molecular weight excluding hydrogens is 562 g/mol. The lowest BCUT2D eigenvalue weighted by molar-refractivity contribution is -0.161. The van der Waals surface area contributed by atoms with Gasteiger partial charge in [-0.15, -0.1) is 0 Å². The number of hydrogen-bond donors (Lipinski definition) is 3. The van der Waals surface area contributed by atoms with Crippen LogP contribution in [0.25, 0.3) is 11.4 Å². The first kappa shape index (κ1) is 31.0. The number of rotatable bonds is 11. The Labute approximate surface area is 246 Å². The molecule has 0 radical (unpaired) electrons. The molecule has 1 atom stereocenters. The van der Waals surface area contributed by atoms with Crippen molar-refractivity contribution in [3.05, 3.63) is 82.3 Å². The quantitative estimate of drug-likeness (QED) is 0.284. The molecule has 2 aromatic carbocycles. The number of alkyl halides is 2. The number of aromatic nitrogens is 2. The summed E-state index contributed by atoms with van der Waals surface area (Å²) in [6.45, 7) is 1.37. The Morgan fingerprint density at radius 2 is 1.74 bits per heavy atom. The van der Waals surface area contributed by atoms with Crippen molar-refractivity contribution in [2.75, 3.05) is 25.4 Å². The topological polar surface area (TPSA) is 156 Å². The lowest BCUT2D eigenvalue weighted by atomic mass is 9.98. The van der Waals surface area contributed by atoms with Gasteiger partial charge in [0.1, 0.15) is 18.1 Å². The third-order valence-corrected chi connectivity index (χ3v) is 7.04. The summed E-state index contributed by atoms with van der Waals surface area (Å²) in [5.41, 5.74) is 6.57. The van der Waals surface area contributed by atoms with Gasteiger partial charge in [-0.25, -0.2) is 4.98 Å². The molecule has 0 bridgehead atoms. The minimum Gasteiger partial charge on any atom is -0.393 e. The number of carbonyl (C=O) groups is 4. The number of likely N-dealkylation sites (tertiary alicyclic amines) is 1. The summed E-state index contributed by atoms with van der Waals surface area (Å²) in [7, 11) is 0. The number of nitrogens with two attached hydrogens (primary N) is 1. The number of nitrogen functional groups attached to an aromatic ring is 1. The molecule has 3 aromatic rings. The van der Waals surface area contributed by atoms with E-state index in [-0.39, 0.29) is 17.9 Å². The monoisotopic (exact) mass is 594 g/mol. The van der Waals surface area contributed by atoms with Crippen LogP contribution in [0, 0.1) is 6.92 Å². The van der Waals surface area contributed by atoms with E-state index in [4.69, 9.17) is 5.73 Å². The highest BCUT2D eigenvalue weighted by Crippen LogP contribution is 2.21. The van der Waals surface area contributed by atoms with Gasteiger partial charge >= 0.3 is 5.92 Å². The van der Waals surface area contributed by atoms with Crippen LogP contribution in [0.15, 0.2) is 65.6 Å². The molecule has 4 N–H and O–H groups in total. The van der Waals surface area contributed by atoms with E-state index >= 15 is 8.78 Å². The zero-order valence-electron chi connectivity index (χ0n) is 23.5. The van der Waals surface area contributed by atoms with E-state index in [0.717, 1.165) is 29.2 Å². The van der Waals surface area contributed by atoms with E-state index in [1.165, 1.54) is 4.90 Å². The average Bonchev–Trinajstić information content (AvgIpc) is 3.53. The Morgan fingerprint density at radius 3 is 2.42 bits per heavy atom. The first-order valence-corrected chi connectivity index (χ1v) is 13.7. The van der Waals surface area contributed by atoms with Crippen molar-refractivity contribution in [2.45, 2.75) is 44.7 Å². The first-order valence-electron chi connectivity index (χ1n) is 13.7. The zero-order chi connectivity index (χ0) is 31.1. The second kappa shape index (κ2) is 13.4. The molecule has 1 aliphatic heterocycles. The summed E-state index contributed by atoms with van der Waals surface area (Å²) in [6, 6.07) is 13.2. The van der Waals surface area contributed by atoms with Crippen molar-refractivity contribution in [1.29, 1.82) is 0 Å². The van der Waals surface area contributed by atoms with Crippen LogP contribution in [0.4, 0.5) is 14.5 Å². The summed E-state index contributed by atoms with van der Waals surface area (Å²) in [4.78, 5) is 69.5. The highest BCUT2D eigenvalue weighted by Gasteiger charge is 2.50. The third-order valence-electron chi connectivity index (χ3n) is 7.04. The van der Waals surface area contributed by atoms with Gasteiger partial charge in [0.2, 0.25) is 17.6 Å². The van der Waals surface area contributed by atoms with Crippen LogP contribution in [0.5, 0.6) is 0 Å². The van der Waals surface area contributed by atoms with Crippen LogP contribution >= 0.6 is 0 Å². The smallest absolute Gasteiger partial charge is 0.383 e. The van der Waals surface area contributed by atoms with Crippen molar-refractivity contribution < 1.29 is 28.0 Å². The van der Waals surface area contributed by atoms with Gasteiger partial charge in [-0.1, -0.05) is 54.1 Å². The van der Waals surface area contributed by atoms with Gasteiger partial charge in [-0.3, -0.25) is 28.5 Å². The van der Waals surface area contributed by atoms with Gasteiger partial charge < -0.3 is 21.3 Å². The summed E-state index contributed by atoms with van der Waals surface area (Å²) in [5.74, 6) is -9.77. The predicted molar refractivity (Wildman–Crippen MR) is 154 cm³/mol. The molecule has 0 aliphatic carbocycles. The fourth-order valence-corrected chi connectivity index (χ4v) is 4.79. The summed E-state index contributed by atoms with van der Waals surface area (Å²) >= 11 is 0. The molecule has 1 saturated heterocycles. The summed E-state index contributed by atoms with van der Waals surface area (Å²) in [5, 5.41) is 4.12. The van der Waals surface area contributed by atoms with E-state index in [9.17, 15) is 24.0 Å². The van der Waals surface area contributed by atoms with Crippen LogP contribution in [-0.4, -0.2) is 69.6 Å². The van der Waals surface area contributed by atoms with Crippen molar-refractivity contribution in [1.82, 2.24) is 25.1 Å². The molecule has 0 saturated carbocycles. The van der Waals surface area contributed by atoms with Crippen LogP contribution < -0.4 is 21.9 Å². The maximum atomic E-state index is 15.2. The third kappa shape index (κ3) is 7.48. The second-order valence-corrected chi connectivity index (χ2v) is 10.3. The number of Topliss-reactive ketones (excluding diaryl/α,β-unsaturated/α-hetero) is 1. The predicted octanol–water partition coefficient (Wildman–Crippen LogP) is 1.47. The molecule has 226 valence electrons. The fraction of sp³-hybridized carbons (Fsp3) is 0.333. The molecule has 2 heterocycles. The largest absolute Gasteiger partial charge is 0.393 e. The molecule has 11 nitrogen and oxygen atoms in total. The van der Waals surface area contributed by atoms with E-state index in [0.29, 0.717) is 24.2 Å². The lowest BCUT2D eigenvalue weighted by Gasteiger charge is -2.23. The van der Waals surface area contributed by atoms with E-state index in [1.807, 2.05) is 18.3 Å². The van der Waals surface area contributed by atoms with Crippen molar-refractivity contribution in [3.63, 3.8) is 0 Å². The van der Waals surface area contributed by atoms with Gasteiger partial charge in [0, 0.05) is 25.1 Å². The summed E-state index contributed by atoms with van der Waals surface area (Å²) in [6.07, 6.45) is 2.35.